The summed E-state index contributed by atoms with van der Waals surface area (Å²) in [6.45, 7) is 1.43. The fraction of sp³-hybridized carbons (Fsp3) is 0.176. The van der Waals surface area contributed by atoms with Crippen molar-refractivity contribution in [2.75, 3.05) is 0 Å². The van der Waals surface area contributed by atoms with E-state index in [0.29, 0.717) is 11.1 Å². The van der Waals surface area contributed by atoms with Gasteiger partial charge in [-0.25, -0.2) is 4.79 Å². The van der Waals surface area contributed by atoms with Crippen LogP contribution < -0.4 is 0 Å². The molecule has 0 aliphatic carbocycles. The molecule has 0 saturated carbocycles. The van der Waals surface area contributed by atoms with Crippen molar-refractivity contribution < 1.29 is 22.7 Å². The Morgan fingerprint density at radius 1 is 1.13 bits per heavy atom. The zero-order valence-corrected chi connectivity index (χ0v) is 12.1. The van der Waals surface area contributed by atoms with E-state index in [1.807, 2.05) is 0 Å². The summed E-state index contributed by atoms with van der Waals surface area (Å²) >= 11 is 0. The third-order valence-electron chi connectivity index (χ3n) is 3.14. The first-order valence-electron chi connectivity index (χ1n) is 6.70. The molecule has 23 heavy (non-hydrogen) atoms. The van der Waals surface area contributed by atoms with E-state index >= 15 is 0 Å². The van der Waals surface area contributed by atoms with Gasteiger partial charge in [0.15, 0.2) is 6.10 Å². The van der Waals surface area contributed by atoms with Crippen LogP contribution >= 0.6 is 0 Å². The third kappa shape index (κ3) is 3.89. The topological polar surface area (TPSA) is 50.1 Å². The summed E-state index contributed by atoms with van der Waals surface area (Å²) in [4.78, 5) is 12.1. The molecule has 0 bridgehead atoms. The molecule has 0 amide bonds. The predicted octanol–water partition coefficient (Wildman–Crippen LogP) is 4.44. The summed E-state index contributed by atoms with van der Waals surface area (Å²) in [6.07, 6.45) is -5.33. The first kappa shape index (κ1) is 16.6. The van der Waals surface area contributed by atoms with Crippen molar-refractivity contribution in [3.05, 3.63) is 59.7 Å². The summed E-state index contributed by atoms with van der Waals surface area (Å²) in [7, 11) is 0. The second-order valence-electron chi connectivity index (χ2n) is 4.80. The number of benzene rings is 2. The van der Waals surface area contributed by atoms with E-state index in [9.17, 15) is 18.0 Å². The van der Waals surface area contributed by atoms with Crippen molar-refractivity contribution in [2.24, 2.45) is 0 Å². The number of hydrogen-bond acceptors (Lipinski definition) is 3. The molecule has 0 fully saturated rings. The molecule has 0 radical (unpaired) electrons. The van der Waals surface area contributed by atoms with Crippen LogP contribution in [0, 0.1) is 11.3 Å². The Kier molecular flexibility index (Phi) is 4.70. The molecule has 6 heteroatoms. The number of ether oxygens (including phenoxy) is 1. The van der Waals surface area contributed by atoms with E-state index < -0.39 is 23.8 Å². The van der Waals surface area contributed by atoms with Crippen LogP contribution in [-0.2, 0) is 10.9 Å². The molecule has 0 saturated heterocycles. The summed E-state index contributed by atoms with van der Waals surface area (Å²) < 4.78 is 42.8. The number of alkyl halides is 3. The number of carbonyl (C=O) groups is 1. The Morgan fingerprint density at radius 3 is 2.30 bits per heavy atom. The van der Waals surface area contributed by atoms with Gasteiger partial charge in [-0.1, -0.05) is 30.3 Å². The molecule has 2 rings (SSSR count). The Hall–Kier alpha value is -2.81. The highest BCUT2D eigenvalue weighted by atomic mass is 19.4. The van der Waals surface area contributed by atoms with Crippen LogP contribution in [0.2, 0.25) is 0 Å². The summed E-state index contributed by atoms with van der Waals surface area (Å²) in [5.41, 5.74) is 0.320. The maximum absolute atomic E-state index is 12.6. The SMILES string of the molecule is C[C@H](C#N)OC(=O)c1ccccc1-c1ccc(C(F)(F)F)cc1. The first-order valence-corrected chi connectivity index (χ1v) is 6.70. The monoisotopic (exact) mass is 319 g/mol. The van der Waals surface area contributed by atoms with Crippen molar-refractivity contribution >= 4 is 5.97 Å². The van der Waals surface area contributed by atoms with E-state index in [1.54, 1.807) is 24.3 Å². The third-order valence-corrected chi connectivity index (χ3v) is 3.14. The summed E-state index contributed by atoms with van der Waals surface area (Å²) in [6, 6.07) is 12.7. The Labute approximate surface area is 130 Å². The lowest BCUT2D eigenvalue weighted by Gasteiger charge is -2.12. The molecular formula is C17H12F3NO2. The van der Waals surface area contributed by atoms with Crippen molar-refractivity contribution in [1.82, 2.24) is 0 Å². The fourth-order valence-electron chi connectivity index (χ4n) is 2.00. The Bertz CT molecular complexity index is 746. The lowest BCUT2D eigenvalue weighted by Crippen LogP contribution is -2.14. The van der Waals surface area contributed by atoms with Crippen molar-refractivity contribution in [3.8, 4) is 17.2 Å². The van der Waals surface area contributed by atoms with E-state index in [1.165, 1.54) is 25.1 Å². The van der Waals surface area contributed by atoms with Gasteiger partial charge in [0.05, 0.1) is 11.1 Å². The Balaban J connectivity index is 2.37. The van der Waals surface area contributed by atoms with Gasteiger partial charge in [-0.15, -0.1) is 0 Å². The molecule has 118 valence electrons. The zero-order chi connectivity index (χ0) is 17.0. The second-order valence-corrected chi connectivity index (χ2v) is 4.80. The van der Waals surface area contributed by atoms with Gasteiger partial charge in [0, 0.05) is 0 Å². The van der Waals surface area contributed by atoms with Crippen LogP contribution in [-0.4, -0.2) is 12.1 Å². The molecule has 2 aromatic carbocycles. The van der Waals surface area contributed by atoms with E-state index in [-0.39, 0.29) is 5.56 Å². The van der Waals surface area contributed by atoms with Gasteiger partial charge >= 0.3 is 12.1 Å². The predicted molar refractivity (Wildman–Crippen MR) is 77.4 cm³/mol. The molecule has 0 aliphatic rings. The molecule has 0 N–H and O–H groups in total. The average molecular weight is 319 g/mol. The number of hydrogen-bond donors (Lipinski definition) is 0. The minimum atomic E-state index is -4.42. The van der Waals surface area contributed by atoms with Gasteiger partial charge in [0.1, 0.15) is 6.07 Å². The number of rotatable bonds is 3. The van der Waals surface area contributed by atoms with Gasteiger partial charge in [-0.3, -0.25) is 0 Å². The van der Waals surface area contributed by atoms with Crippen molar-refractivity contribution in [1.29, 1.82) is 5.26 Å². The van der Waals surface area contributed by atoms with Crippen LogP contribution in [0.5, 0.6) is 0 Å². The van der Waals surface area contributed by atoms with Crippen molar-refractivity contribution in [2.45, 2.75) is 19.2 Å². The number of nitriles is 1. The van der Waals surface area contributed by atoms with Crippen LogP contribution in [0.3, 0.4) is 0 Å². The standard InChI is InChI=1S/C17H12F3NO2/c1-11(10-21)23-16(22)15-5-3-2-4-14(15)12-6-8-13(9-7-12)17(18,19)20/h2-9,11H,1H3/t11-/m1/s1. The van der Waals surface area contributed by atoms with Gasteiger partial charge in [-0.05, 0) is 36.2 Å². The van der Waals surface area contributed by atoms with E-state index in [2.05, 4.69) is 0 Å². The maximum Gasteiger partial charge on any atom is 0.416 e. The van der Waals surface area contributed by atoms with Gasteiger partial charge in [0.25, 0.3) is 0 Å². The van der Waals surface area contributed by atoms with Crippen LogP contribution in [0.25, 0.3) is 11.1 Å². The molecular weight excluding hydrogens is 307 g/mol. The molecule has 0 unspecified atom stereocenters. The normalized spacial score (nSPS) is 12.3. The highest BCUT2D eigenvalue weighted by Gasteiger charge is 2.30. The Morgan fingerprint density at radius 2 is 1.74 bits per heavy atom. The number of carbonyl (C=O) groups excluding carboxylic acids is 1. The molecule has 3 nitrogen and oxygen atoms in total. The second kappa shape index (κ2) is 6.53. The number of nitrogens with zero attached hydrogens (tertiary/aromatic N) is 1. The van der Waals surface area contributed by atoms with Gasteiger partial charge in [0.2, 0.25) is 0 Å². The lowest BCUT2D eigenvalue weighted by atomic mass is 9.98. The van der Waals surface area contributed by atoms with E-state index in [4.69, 9.17) is 10.00 Å². The van der Waals surface area contributed by atoms with Crippen molar-refractivity contribution in [3.63, 3.8) is 0 Å². The maximum atomic E-state index is 12.6. The summed E-state index contributed by atoms with van der Waals surface area (Å²) in [5.74, 6) is -0.699. The fourth-order valence-corrected chi connectivity index (χ4v) is 2.00. The van der Waals surface area contributed by atoms with Crippen LogP contribution in [0.4, 0.5) is 13.2 Å². The first-order chi connectivity index (χ1) is 10.8. The highest BCUT2D eigenvalue weighted by Crippen LogP contribution is 2.32. The van der Waals surface area contributed by atoms with Crippen LogP contribution in [0.15, 0.2) is 48.5 Å². The van der Waals surface area contributed by atoms with Gasteiger partial charge in [-0.2, -0.15) is 18.4 Å². The average Bonchev–Trinajstić information content (AvgIpc) is 2.54. The molecule has 0 spiro atoms. The van der Waals surface area contributed by atoms with E-state index in [0.717, 1.165) is 12.1 Å². The summed E-state index contributed by atoms with van der Waals surface area (Å²) in [5, 5.41) is 8.69. The molecule has 0 aliphatic heterocycles. The molecule has 0 heterocycles. The van der Waals surface area contributed by atoms with Gasteiger partial charge < -0.3 is 4.74 Å². The van der Waals surface area contributed by atoms with Crippen LogP contribution in [0.1, 0.15) is 22.8 Å². The molecule has 0 aromatic heterocycles. The lowest BCUT2D eigenvalue weighted by molar-refractivity contribution is -0.137. The zero-order valence-electron chi connectivity index (χ0n) is 12.1. The minimum absolute atomic E-state index is 0.189. The minimum Gasteiger partial charge on any atom is -0.444 e. The number of esters is 1. The molecule has 2 aromatic rings. The smallest absolute Gasteiger partial charge is 0.416 e. The highest BCUT2D eigenvalue weighted by molar-refractivity contribution is 5.97. The number of halogens is 3. The molecule has 1 atom stereocenters. The quantitative estimate of drug-likeness (QED) is 0.786. The largest absolute Gasteiger partial charge is 0.444 e.